The monoisotopic (exact) mass is 224 g/mol. The minimum atomic E-state index is -1.45. The van der Waals surface area contributed by atoms with Crippen molar-refractivity contribution in [3.63, 3.8) is 0 Å². The van der Waals surface area contributed by atoms with E-state index in [1.807, 2.05) is 0 Å². The zero-order valence-corrected chi connectivity index (χ0v) is 9.92. The number of benzene rings is 1. The predicted octanol–water partition coefficient (Wildman–Crippen LogP) is 3.34. The lowest BCUT2D eigenvalue weighted by atomic mass is 10.1. The molecule has 2 nitrogen and oxygen atoms in total. The number of hydrogen-bond acceptors (Lipinski definition) is 2. The molecule has 0 aromatic heterocycles. The van der Waals surface area contributed by atoms with Crippen molar-refractivity contribution < 1.29 is 14.0 Å². The minimum absolute atomic E-state index is 0.0207. The predicted molar refractivity (Wildman–Crippen MR) is 62.2 cm³/mol. The Balaban J connectivity index is 0.000000673. The van der Waals surface area contributed by atoms with Crippen LogP contribution in [0.25, 0.3) is 0 Å². The molecule has 1 aromatic rings. The van der Waals surface area contributed by atoms with Crippen molar-refractivity contribution in [3.05, 3.63) is 35.4 Å². The molecule has 1 rings (SSSR count). The number of rotatable bonds is 3. The zero-order chi connectivity index (χ0) is 12.6. The van der Waals surface area contributed by atoms with Crippen LogP contribution in [0.5, 0.6) is 0 Å². The highest BCUT2D eigenvalue weighted by atomic mass is 19.1. The molecule has 0 unspecified atom stereocenters. The first kappa shape index (κ1) is 14.5. The van der Waals surface area contributed by atoms with E-state index in [0.717, 1.165) is 5.56 Å². The molecule has 0 N–H and O–H groups in total. The molecule has 0 bridgehead atoms. The smallest absolute Gasteiger partial charge is 0.300 e. The Labute approximate surface area is 95.5 Å². The first-order valence-electron chi connectivity index (χ1n) is 5.29. The fourth-order valence-corrected chi connectivity index (χ4v) is 1.04. The highest BCUT2D eigenvalue weighted by Crippen LogP contribution is 2.06. The third kappa shape index (κ3) is 6.06. The summed E-state index contributed by atoms with van der Waals surface area (Å²) in [6, 6.07) is 4.46. The molecule has 88 valence electrons. The van der Waals surface area contributed by atoms with E-state index in [1.54, 1.807) is 12.1 Å². The van der Waals surface area contributed by atoms with Crippen molar-refractivity contribution in [1.29, 1.82) is 0 Å². The SMILES string of the molecule is CC(=O)Cc1ccc(C(=O)F)cc1.CCC. The van der Waals surface area contributed by atoms with Gasteiger partial charge in [0.05, 0.1) is 5.56 Å². The number of ketones is 1. The van der Waals surface area contributed by atoms with Crippen molar-refractivity contribution in [2.24, 2.45) is 0 Å². The van der Waals surface area contributed by atoms with Crippen LogP contribution in [0.2, 0.25) is 0 Å². The van der Waals surface area contributed by atoms with Gasteiger partial charge in [0.15, 0.2) is 0 Å². The second kappa shape index (κ2) is 7.74. The standard InChI is InChI=1S/C10H9FO2.C3H8/c1-7(12)6-8-2-4-9(5-3-8)10(11)13;1-3-2/h2-5H,6H2,1H3;3H2,1-2H3. The second-order valence-corrected chi connectivity index (χ2v) is 3.56. The molecule has 0 radical (unpaired) electrons. The molecular formula is C13H17FO2. The molecule has 0 aliphatic carbocycles. The van der Waals surface area contributed by atoms with E-state index in [-0.39, 0.29) is 11.3 Å². The molecule has 16 heavy (non-hydrogen) atoms. The molecular weight excluding hydrogens is 207 g/mol. The van der Waals surface area contributed by atoms with Crippen LogP contribution in [-0.2, 0) is 11.2 Å². The second-order valence-electron chi connectivity index (χ2n) is 3.56. The third-order valence-corrected chi connectivity index (χ3v) is 1.63. The molecule has 0 saturated carbocycles. The lowest BCUT2D eigenvalue weighted by Gasteiger charge is -1.97. The number of carbonyl (C=O) groups excluding carboxylic acids is 2. The average molecular weight is 224 g/mol. The quantitative estimate of drug-likeness (QED) is 0.738. The Kier molecular flexibility index (Phi) is 7.01. The summed E-state index contributed by atoms with van der Waals surface area (Å²) < 4.78 is 12.1. The maximum absolute atomic E-state index is 12.1. The lowest BCUT2D eigenvalue weighted by molar-refractivity contribution is -0.116. The van der Waals surface area contributed by atoms with Crippen LogP contribution in [0.3, 0.4) is 0 Å². The van der Waals surface area contributed by atoms with E-state index in [0.29, 0.717) is 6.42 Å². The molecule has 0 saturated heterocycles. The third-order valence-electron chi connectivity index (χ3n) is 1.63. The molecule has 0 amide bonds. The van der Waals surface area contributed by atoms with Gasteiger partial charge in [-0.05, 0) is 24.6 Å². The Morgan fingerprint density at radius 2 is 1.56 bits per heavy atom. The maximum atomic E-state index is 12.1. The molecule has 0 heterocycles. The van der Waals surface area contributed by atoms with E-state index >= 15 is 0 Å². The van der Waals surface area contributed by atoms with Crippen LogP contribution < -0.4 is 0 Å². The van der Waals surface area contributed by atoms with E-state index in [9.17, 15) is 14.0 Å². The van der Waals surface area contributed by atoms with Gasteiger partial charge in [0.1, 0.15) is 5.78 Å². The summed E-state index contributed by atoms with van der Waals surface area (Å²) in [6.07, 6.45) is 1.57. The van der Waals surface area contributed by atoms with Crippen molar-refractivity contribution in [2.45, 2.75) is 33.6 Å². The summed E-state index contributed by atoms with van der Waals surface area (Å²) in [7, 11) is 0. The fourth-order valence-electron chi connectivity index (χ4n) is 1.04. The van der Waals surface area contributed by atoms with E-state index in [4.69, 9.17) is 0 Å². The molecule has 3 heteroatoms. The van der Waals surface area contributed by atoms with Crippen molar-refractivity contribution in [1.82, 2.24) is 0 Å². The summed E-state index contributed by atoms with van der Waals surface area (Å²) in [6.45, 7) is 5.73. The van der Waals surface area contributed by atoms with Crippen LogP contribution in [0.15, 0.2) is 24.3 Å². The van der Waals surface area contributed by atoms with Gasteiger partial charge in [0.2, 0.25) is 0 Å². The van der Waals surface area contributed by atoms with Gasteiger partial charge in [-0.1, -0.05) is 32.4 Å². The van der Waals surface area contributed by atoms with Gasteiger partial charge in [-0.3, -0.25) is 9.59 Å². The maximum Gasteiger partial charge on any atom is 0.332 e. The van der Waals surface area contributed by atoms with Gasteiger partial charge in [-0.25, -0.2) is 0 Å². The molecule has 0 aliphatic rings. The van der Waals surface area contributed by atoms with Gasteiger partial charge in [-0.2, -0.15) is 4.39 Å². The van der Waals surface area contributed by atoms with Gasteiger partial charge < -0.3 is 0 Å². The number of Topliss-reactive ketones (excluding diaryl/α,β-unsaturated/α-hetero) is 1. The first-order chi connectivity index (χ1) is 7.51. The number of hydrogen-bond donors (Lipinski definition) is 0. The number of carbonyl (C=O) groups is 2. The molecule has 0 fully saturated rings. The minimum Gasteiger partial charge on any atom is -0.300 e. The van der Waals surface area contributed by atoms with Gasteiger partial charge >= 0.3 is 6.04 Å². The fraction of sp³-hybridized carbons (Fsp3) is 0.385. The molecule has 0 atom stereocenters. The first-order valence-corrected chi connectivity index (χ1v) is 5.29. The highest BCUT2D eigenvalue weighted by Gasteiger charge is 2.03. The van der Waals surface area contributed by atoms with Crippen LogP contribution in [0.1, 0.15) is 43.1 Å². The zero-order valence-electron chi connectivity index (χ0n) is 9.92. The molecule has 0 spiro atoms. The van der Waals surface area contributed by atoms with E-state index in [1.165, 1.54) is 25.5 Å². The summed E-state index contributed by atoms with van der Waals surface area (Å²) >= 11 is 0. The normalized spacial score (nSPS) is 9.00. The largest absolute Gasteiger partial charge is 0.332 e. The molecule has 0 aliphatic heterocycles. The van der Waals surface area contributed by atoms with Crippen LogP contribution in [0.4, 0.5) is 4.39 Å². The van der Waals surface area contributed by atoms with Crippen molar-refractivity contribution >= 4 is 11.8 Å². The van der Waals surface area contributed by atoms with Crippen molar-refractivity contribution in [3.8, 4) is 0 Å². The van der Waals surface area contributed by atoms with Gasteiger partial charge in [-0.15, -0.1) is 0 Å². The summed E-state index contributed by atoms with van der Waals surface area (Å²) in [5.41, 5.74) is 0.810. The van der Waals surface area contributed by atoms with Gasteiger partial charge in [0.25, 0.3) is 0 Å². The van der Waals surface area contributed by atoms with Gasteiger partial charge in [0, 0.05) is 6.42 Å². The average Bonchev–Trinajstić information content (AvgIpc) is 2.18. The Morgan fingerprint density at radius 1 is 1.12 bits per heavy atom. The topological polar surface area (TPSA) is 34.1 Å². The van der Waals surface area contributed by atoms with Crippen LogP contribution >= 0.6 is 0 Å². The van der Waals surface area contributed by atoms with Crippen molar-refractivity contribution in [2.75, 3.05) is 0 Å². The summed E-state index contributed by atoms with van der Waals surface area (Å²) in [4.78, 5) is 20.9. The van der Waals surface area contributed by atoms with E-state index in [2.05, 4.69) is 13.8 Å². The highest BCUT2D eigenvalue weighted by molar-refractivity contribution is 5.88. The van der Waals surface area contributed by atoms with E-state index < -0.39 is 6.04 Å². The number of halogens is 1. The Bertz CT molecular complexity index is 341. The summed E-state index contributed by atoms with van der Waals surface area (Å²) in [5, 5.41) is 0. The Hall–Kier alpha value is -1.51. The Morgan fingerprint density at radius 3 is 1.88 bits per heavy atom. The molecule has 1 aromatic carbocycles. The van der Waals surface area contributed by atoms with Crippen LogP contribution in [0, 0.1) is 0 Å². The lowest BCUT2D eigenvalue weighted by Crippen LogP contribution is -1.97. The summed E-state index contributed by atoms with van der Waals surface area (Å²) in [5.74, 6) is 0.0410. The van der Waals surface area contributed by atoms with Crippen LogP contribution in [-0.4, -0.2) is 11.8 Å².